The third kappa shape index (κ3) is 3.86. The van der Waals surface area contributed by atoms with Gasteiger partial charge in [0.2, 0.25) is 0 Å². The van der Waals surface area contributed by atoms with Gasteiger partial charge in [0.1, 0.15) is 5.69 Å². The number of amides is 1. The van der Waals surface area contributed by atoms with Gasteiger partial charge in [0.15, 0.2) is 0 Å². The lowest BCUT2D eigenvalue weighted by atomic mass is 9.94. The molecule has 1 aliphatic rings. The van der Waals surface area contributed by atoms with Gasteiger partial charge in [-0.2, -0.15) is 0 Å². The lowest BCUT2D eigenvalue weighted by molar-refractivity contribution is 0.0923. The number of hydrogen-bond donors (Lipinski definition) is 5. The summed E-state index contributed by atoms with van der Waals surface area (Å²) in [5, 5.41) is 13.9. The molecule has 0 aliphatic heterocycles. The number of aromatic nitrogens is 1. The highest BCUT2D eigenvalue weighted by Gasteiger charge is 2.27. The predicted octanol–water partition coefficient (Wildman–Crippen LogP) is 1.59. The average Bonchev–Trinajstić information content (AvgIpc) is 3.26. The highest BCUT2D eigenvalue weighted by molar-refractivity contribution is 6.01. The molecule has 1 aromatic carbocycles. The molecule has 7 N–H and O–H groups in total. The van der Waals surface area contributed by atoms with Crippen molar-refractivity contribution in [3.8, 4) is 0 Å². The van der Waals surface area contributed by atoms with E-state index in [1.165, 1.54) is 12.8 Å². The van der Waals surface area contributed by atoms with E-state index in [-0.39, 0.29) is 12.5 Å². The molecule has 0 bridgehead atoms. The topological polar surface area (TPSA) is 117 Å². The monoisotopic (exact) mass is 344 g/mol. The second-order valence-corrected chi connectivity index (χ2v) is 6.96. The summed E-state index contributed by atoms with van der Waals surface area (Å²) in [4.78, 5) is 16.1. The van der Waals surface area contributed by atoms with Gasteiger partial charge >= 0.3 is 0 Å². The Bertz CT molecular complexity index is 721. The van der Waals surface area contributed by atoms with Crippen LogP contribution in [0, 0.1) is 0 Å². The van der Waals surface area contributed by atoms with Gasteiger partial charge in [0.25, 0.3) is 5.91 Å². The summed E-state index contributed by atoms with van der Waals surface area (Å²) in [5.41, 5.74) is 14.1. The SMILES string of the molecule is NCCC(O)[C@@H](N)CNC(=O)c1[nH]c2ccccc2c1C1CCCC1. The van der Waals surface area contributed by atoms with Crippen LogP contribution in [0.25, 0.3) is 10.9 Å². The summed E-state index contributed by atoms with van der Waals surface area (Å²) in [6, 6.07) is 7.54. The quantitative estimate of drug-likeness (QED) is 0.524. The van der Waals surface area contributed by atoms with Gasteiger partial charge in [-0.15, -0.1) is 0 Å². The predicted molar refractivity (Wildman–Crippen MR) is 99.5 cm³/mol. The number of fused-ring (bicyclic) bond motifs is 1. The first-order valence-electron chi connectivity index (χ1n) is 9.14. The Morgan fingerprint density at radius 1 is 1.32 bits per heavy atom. The van der Waals surface area contributed by atoms with Crippen molar-refractivity contribution in [3.05, 3.63) is 35.5 Å². The van der Waals surface area contributed by atoms with Crippen LogP contribution in [-0.2, 0) is 0 Å². The van der Waals surface area contributed by atoms with Gasteiger partial charge < -0.3 is 26.9 Å². The molecule has 1 unspecified atom stereocenters. The number of nitrogens with two attached hydrogens (primary N) is 2. The fourth-order valence-electron chi connectivity index (χ4n) is 3.80. The Kier molecular flexibility index (Phi) is 5.73. The first-order valence-corrected chi connectivity index (χ1v) is 9.14. The first kappa shape index (κ1) is 17.9. The summed E-state index contributed by atoms with van der Waals surface area (Å²) >= 11 is 0. The molecule has 6 heteroatoms. The molecule has 0 spiro atoms. The van der Waals surface area contributed by atoms with E-state index in [9.17, 15) is 9.90 Å². The Balaban J connectivity index is 1.80. The first-order chi connectivity index (χ1) is 12.1. The van der Waals surface area contributed by atoms with Gasteiger partial charge in [-0.1, -0.05) is 31.0 Å². The Morgan fingerprint density at radius 3 is 2.76 bits per heavy atom. The van der Waals surface area contributed by atoms with Crippen molar-refractivity contribution < 1.29 is 9.90 Å². The van der Waals surface area contributed by atoms with Crippen LogP contribution in [0.3, 0.4) is 0 Å². The zero-order chi connectivity index (χ0) is 17.8. The van der Waals surface area contributed by atoms with Gasteiger partial charge in [0.05, 0.1) is 6.10 Å². The summed E-state index contributed by atoms with van der Waals surface area (Å²) in [7, 11) is 0. The highest BCUT2D eigenvalue weighted by Crippen LogP contribution is 2.39. The van der Waals surface area contributed by atoms with Gasteiger partial charge in [-0.25, -0.2) is 0 Å². The largest absolute Gasteiger partial charge is 0.391 e. The summed E-state index contributed by atoms with van der Waals surface area (Å²) in [6.45, 7) is 0.593. The third-order valence-corrected chi connectivity index (χ3v) is 5.19. The van der Waals surface area contributed by atoms with Crippen molar-refractivity contribution in [2.24, 2.45) is 11.5 Å². The maximum absolute atomic E-state index is 12.8. The molecule has 1 aromatic heterocycles. The second-order valence-electron chi connectivity index (χ2n) is 6.96. The van der Waals surface area contributed by atoms with E-state index >= 15 is 0 Å². The van der Waals surface area contributed by atoms with Crippen molar-refractivity contribution >= 4 is 16.8 Å². The molecule has 2 atom stereocenters. The van der Waals surface area contributed by atoms with Gasteiger partial charge in [-0.05, 0) is 43.4 Å². The maximum atomic E-state index is 12.8. The van der Waals surface area contributed by atoms with Gasteiger partial charge in [-0.3, -0.25) is 4.79 Å². The highest BCUT2D eigenvalue weighted by atomic mass is 16.3. The number of H-pyrrole nitrogens is 1. The Hall–Kier alpha value is -1.89. The van der Waals surface area contributed by atoms with E-state index in [1.54, 1.807) is 0 Å². The number of aromatic amines is 1. The summed E-state index contributed by atoms with van der Waals surface area (Å²) in [6.07, 6.45) is 4.38. The van der Waals surface area contributed by atoms with Crippen molar-refractivity contribution in [2.45, 2.75) is 50.2 Å². The maximum Gasteiger partial charge on any atom is 0.268 e. The zero-order valence-corrected chi connectivity index (χ0v) is 14.5. The molecule has 136 valence electrons. The van der Waals surface area contributed by atoms with Crippen molar-refractivity contribution in [3.63, 3.8) is 0 Å². The summed E-state index contributed by atoms with van der Waals surface area (Å²) in [5.74, 6) is 0.266. The summed E-state index contributed by atoms with van der Waals surface area (Å²) < 4.78 is 0. The van der Waals surface area contributed by atoms with E-state index in [0.717, 1.165) is 29.3 Å². The van der Waals surface area contributed by atoms with E-state index in [1.807, 2.05) is 18.2 Å². The van der Waals surface area contributed by atoms with Gasteiger partial charge in [0, 0.05) is 23.5 Å². The van der Waals surface area contributed by atoms with Crippen molar-refractivity contribution in [1.29, 1.82) is 0 Å². The lowest BCUT2D eigenvalue weighted by Gasteiger charge is -2.19. The van der Waals surface area contributed by atoms with Crippen LogP contribution in [0.4, 0.5) is 0 Å². The van der Waals surface area contributed by atoms with Crippen molar-refractivity contribution in [2.75, 3.05) is 13.1 Å². The standard InChI is InChI=1S/C19H28N4O2/c20-10-9-16(24)14(21)11-22-19(25)18-17(12-5-1-2-6-12)13-7-3-4-8-15(13)23-18/h3-4,7-8,12,14,16,23-24H,1-2,5-6,9-11,20-21H2,(H,22,25)/t14-,16?/m0/s1. The van der Waals surface area contributed by atoms with Crippen LogP contribution in [-0.4, -0.2) is 41.2 Å². The van der Waals surface area contributed by atoms with Crippen LogP contribution in [0.5, 0.6) is 0 Å². The van der Waals surface area contributed by atoms with E-state index in [2.05, 4.69) is 16.4 Å². The normalized spacial score (nSPS) is 17.7. The lowest BCUT2D eigenvalue weighted by Crippen LogP contribution is -2.45. The molecule has 1 saturated carbocycles. The molecule has 1 fully saturated rings. The van der Waals surface area contributed by atoms with E-state index in [0.29, 0.717) is 24.6 Å². The number of hydrogen-bond acceptors (Lipinski definition) is 4. The molecular formula is C19H28N4O2. The molecular weight excluding hydrogens is 316 g/mol. The van der Waals surface area contributed by atoms with Crippen molar-refractivity contribution in [1.82, 2.24) is 10.3 Å². The number of para-hydroxylation sites is 1. The molecule has 1 heterocycles. The number of benzene rings is 1. The van der Waals surface area contributed by atoms with Crippen LogP contribution in [0.2, 0.25) is 0 Å². The fraction of sp³-hybridized carbons (Fsp3) is 0.526. The second kappa shape index (κ2) is 7.99. The average molecular weight is 344 g/mol. The molecule has 0 saturated heterocycles. The van der Waals surface area contributed by atoms with E-state index < -0.39 is 12.1 Å². The minimum Gasteiger partial charge on any atom is -0.391 e. The number of nitrogens with one attached hydrogen (secondary N) is 2. The molecule has 3 rings (SSSR count). The molecule has 2 aromatic rings. The fourth-order valence-corrected chi connectivity index (χ4v) is 3.80. The van der Waals surface area contributed by atoms with Crippen LogP contribution in [0.15, 0.2) is 24.3 Å². The van der Waals surface area contributed by atoms with Crippen LogP contribution >= 0.6 is 0 Å². The molecule has 1 aliphatic carbocycles. The number of carbonyl (C=O) groups excluding carboxylic acids is 1. The number of rotatable bonds is 7. The molecule has 6 nitrogen and oxygen atoms in total. The number of aliphatic hydroxyl groups excluding tert-OH is 1. The number of aliphatic hydroxyl groups is 1. The molecule has 0 radical (unpaired) electrons. The zero-order valence-electron chi connectivity index (χ0n) is 14.5. The van der Waals surface area contributed by atoms with Crippen LogP contribution < -0.4 is 16.8 Å². The Morgan fingerprint density at radius 2 is 2.04 bits per heavy atom. The molecule has 1 amide bonds. The smallest absolute Gasteiger partial charge is 0.268 e. The Labute approximate surface area is 148 Å². The minimum absolute atomic E-state index is 0.159. The number of carbonyl (C=O) groups is 1. The minimum atomic E-state index is -0.706. The molecule has 25 heavy (non-hydrogen) atoms. The van der Waals surface area contributed by atoms with E-state index in [4.69, 9.17) is 11.5 Å². The third-order valence-electron chi connectivity index (χ3n) is 5.19. The van der Waals surface area contributed by atoms with Crippen LogP contribution in [0.1, 0.15) is 54.1 Å².